The number of phenols is 1. The van der Waals surface area contributed by atoms with E-state index in [0.717, 1.165) is 24.0 Å². The van der Waals surface area contributed by atoms with Crippen molar-refractivity contribution in [2.75, 3.05) is 5.32 Å². The molecule has 6 heteroatoms. The fourth-order valence-electron chi connectivity index (χ4n) is 2.72. The van der Waals surface area contributed by atoms with Crippen LogP contribution in [0.4, 0.5) is 11.4 Å². The Morgan fingerprint density at radius 3 is 2.86 bits per heavy atom. The first kappa shape index (κ1) is 13.7. The van der Waals surface area contributed by atoms with Gasteiger partial charge >= 0.3 is 0 Å². The van der Waals surface area contributed by atoms with Gasteiger partial charge in [-0.25, -0.2) is 0 Å². The maximum Gasteiger partial charge on any atom is 0.293 e. The Labute approximate surface area is 126 Å². The molecule has 2 aromatic rings. The SMILES string of the molecule is O=[N+]([O-])c1cc(Cl)ccc1NC1CCc2cc(O)ccc21. The Hall–Kier alpha value is -2.27. The third-order valence-corrected chi connectivity index (χ3v) is 3.93. The van der Waals surface area contributed by atoms with Crippen molar-refractivity contribution in [3.63, 3.8) is 0 Å². The van der Waals surface area contributed by atoms with Crippen LogP contribution in [0.25, 0.3) is 0 Å². The summed E-state index contributed by atoms with van der Waals surface area (Å²) in [6.45, 7) is 0. The number of nitro benzene ring substituents is 1. The maximum atomic E-state index is 11.1. The Morgan fingerprint density at radius 2 is 2.10 bits per heavy atom. The number of fused-ring (bicyclic) bond motifs is 1. The number of nitro groups is 1. The highest BCUT2D eigenvalue weighted by molar-refractivity contribution is 6.30. The van der Waals surface area contributed by atoms with Crippen LogP contribution in [0.15, 0.2) is 36.4 Å². The Bertz CT molecular complexity index is 718. The standard InChI is InChI=1S/C15H13ClN2O3/c16-10-2-6-14(15(8-10)18(20)21)17-13-5-1-9-7-11(19)3-4-12(9)13/h2-4,6-8,13,17,19H,1,5H2. The number of phenolic OH excluding ortho intramolecular Hbond substituents is 1. The Balaban J connectivity index is 1.91. The molecule has 1 unspecified atom stereocenters. The summed E-state index contributed by atoms with van der Waals surface area (Å²) in [4.78, 5) is 10.7. The van der Waals surface area contributed by atoms with E-state index < -0.39 is 4.92 Å². The van der Waals surface area contributed by atoms with Crippen LogP contribution >= 0.6 is 11.6 Å². The molecule has 1 aliphatic rings. The van der Waals surface area contributed by atoms with Gasteiger partial charge in [0.2, 0.25) is 0 Å². The second-order valence-corrected chi connectivity index (χ2v) is 5.47. The van der Waals surface area contributed by atoms with Crippen LogP contribution in [0.5, 0.6) is 5.75 Å². The number of anilines is 1. The number of nitrogens with one attached hydrogen (secondary N) is 1. The summed E-state index contributed by atoms with van der Waals surface area (Å²) in [5.74, 6) is 0.242. The van der Waals surface area contributed by atoms with Crippen LogP contribution < -0.4 is 5.32 Å². The number of halogens is 1. The minimum Gasteiger partial charge on any atom is -0.508 e. The van der Waals surface area contributed by atoms with Gasteiger partial charge in [0.25, 0.3) is 5.69 Å². The zero-order chi connectivity index (χ0) is 15.0. The van der Waals surface area contributed by atoms with Crippen molar-refractivity contribution in [3.05, 3.63) is 62.7 Å². The number of benzene rings is 2. The van der Waals surface area contributed by atoms with Crippen molar-refractivity contribution in [2.24, 2.45) is 0 Å². The van der Waals surface area contributed by atoms with Gasteiger partial charge in [0.1, 0.15) is 11.4 Å². The van der Waals surface area contributed by atoms with Gasteiger partial charge in [-0.05, 0) is 48.2 Å². The molecular weight excluding hydrogens is 292 g/mol. The van der Waals surface area contributed by atoms with Crippen LogP contribution in [-0.4, -0.2) is 10.0 Å². The molecule has 5 nitrogen and oxygen atoms in total. The van der Waals surface area contributed by atoms with Crippen LogP contribution in [-0.2, 0) is 6.42 Å². The predicted molar refractivity (Wildman–Crippen MR) is 80.9 cm³/mol. The lowest BCUT2D eigenvalue weighted by atomic mass is 10.1. The molecule has 0 aliphatic heterocycles. The third kappa shape index (κ3) is 2.64. The van der Waals surface area contributed by atoms with E-state index >= 15 is 0 Å². The zero-order valence-corrected chi connectivity index (χ0v) is 11.8. The first-order valence-corrected chi connectivity index (χ1v) is 6.94. The molecule has 1 atom stereocenters. The number of hydrogen-bond donors (Lipinski definition) is 2. The predicted octanol–water partition coefficient (Wildman–Crippen LogP) is 4.05. The quantitative estimate of drug-likeness (QED) is 0.662. The number of aryl methyl sites for hydroxylation is 1. The van der Waals surface area contributed by atoms with E-state index in [4.69, 9.17) is 11.6 Å². The Morgan fingerprint density at radius 1 is 1.29 bits per heavy atom. The van der Waals surface area contributed by atoms with Gasteiger partial charge in [-0.2, -0.15) is 0 Å². The van der Waals surface area contributed by atoms with Gasteiger partial charge in [-0.3, -0.25) is 10.1 Å². The summed E-state index contributed by atoms with van der Waals surface area (Å²) in [7, 11) is 0. The van der Waals surface area contributed by atoms with E-state index in [1.807, 2.05) is 6.07 Å². The Kier molecular flexibility index (Phi) is 3.43. The molecule has 2 N–H and O–H groups in total. The molecule has 108 valence electrons. The van der Waals surface area contributed by atoms with Gasteiger partial charge in [0.15, 0.2) is 0 Å². The first-order chi connectivity index (χ1) is 10.0. The third-order valence-electron chi connectivity index (χ3n) is 3.69. The number of aromatic hydroxyl groups is 1. The van der Waals surface area contributed by atoms with Crippen molar-refractivity contribution < 1.29 is 10.0 Å². The zero-order valence-electron chi connectivity index (χ0n) is 11.0. The monoisotopic (exact) mass is 304 g/mol. The minimum absolute atomic E-state index is 0.000440. The summed E-state index contributed by atoms with van der Waals surface area (Å²) < 4.78 is 0. The van der Waals surface area contributed by atoms with Crippen molar-refractivity contribution in [3.8, 4) is 5.75 Å². The molecule has 0 aromatic heterocycles. The van der Waals surface area contributed by atoms with Crippen LogP contribution in [0, 0.1) is 10.1 Å². The molecule has 0 amide bonds. The fraction of sp³-hybridized carbons (Fsp3) is 0.200. The van der Waals surface area contributed by atoms with Gasteiger partial charge in [-0.15, -0.1) is 0 Å². The largest absolute Gasteiger partial charge is 0.508 e. The second kappa shape index (κ2) is 5.26. The van der Waals surface area contributed by atoms with Gasteiger partial charge in [-0.1, -0.05) is 17.7 Å². The summed E-state index contributed by atoms with van der Waals surface area (Å²) in [5.41, 5.74) is 2.56. The van der Waals surface area contributed by atoms with Crippen LogP contribution in [0.3, 0.4) is 0 Å². The van der Waals surface area contributed by atoms with E-state index in [0.29, 0.717) is 10.7 Å². The first-order valence-electron chi connectivity index (χ1n) is 6.57. The van der Waals surface area contributed by atoms with E-state index in [1.165, 1.54) is 6.07 Å². The highest BCUT2D eigenvalue weighted by atomic mass is 35.5. The van der Waals surface area contributed by atoms with E-state index in [-0.39, 0.29) is 17.5 Å². The van der Waals surface area contributed by atoms with Gasteiger partial charge in [0.05, 0.1) is 11.0 Å². The molecule has 3 rings (SSSR count). The number of nitrogens with zero attached hydrogens (tertiary/aromatic N) is 1. The second-order valence-electron chi connectivity index (χ2n) is 5.04. The van der Waals surface area contributed by atoms with Gasteiger partial charge in [0, 0.05) is 11.1 Å². The molecule has 0 bridgehead atoms. The van der Waals surface area contributed by atoms with E-state index in [2.05, 4.69) is 5.32 Å². The molecule has 0 heterocycles. The molecule has 0 fully saturated rings. The normalized spacial score (nSPS) is 16.5. The lowest BCUT2D eigenvalue weighted by Gasteiger charge is -2.15. The number of hydrogen-bond acceptors (Lipinski definition) is 4. The lowest BCUT2D eigenvalue weighted by molar-refractivity contribution is -0.384. The molecule has 21 heavy (non-hydrogen) atoms. The lowest BCUT2D eigenvalue weighted by Crippen LogP contribution is -2.08. The molecule has 0 spiro atoms. The average molecular weight is 305 g/mol. The molecule has 0 saturated carbocycles. The van der Waals surface area contributed by atoms with Gasteiger partial charge < -0.3 is 10.4 Å². The highest BCUT2D eigenvalue weighted by Gasteiger charge is 2.25. The van der Waals surface area contributed by atoms with Crippen molar-refractivity contribution >= 4 is 23.0 Å². The molecule has 1 aliphatic carbocycles. The fourth-order valence-corrected chi connectivity index (χ4v) is 2.89. The molecular formula is C15H13ClN2O3. The topological polar surface area (TPSA) is 75.4 Å². The highest BCUT2D eigenvalue weighted by Crippen LogP contribution is 2.38. The summed E-state index contributed by atoms with van der Waals surface area (Å²) in [6, 6.07) is 9.83. The molecule has 0 saturated heterocycles. The van der Waals surface area contributed by atoms with E-state index in [1.54, 1.807) is 24.3 Å². The van der Waals surface area contributed by atoms with Crippen molar-refractivity contribution in [1.29, 1.82) is 0 Å². The molecule has 2 aromatic carbocycles. The van der Waals surface area contributed by atoms with Crippen molar-refractivity contribution in [1.82, 2.24) is 0 Å². The van der Waals surface area contributed by atoms with Crippen LogP contribution in [0.2, 0.25) is 5.02 Å². The average Bonchev–Trinajstić information content (AvgIpc) is 2.82. The summed E-state index contributed by atoms with van der Waals surface area (Å²) in [6.07, 6.45) is 1.67. The minimum atomic E-state index is -0.444. The summed E-state index contributed by atoms with van der Waals surface area (Å²) in [5, 5.41) is 24.2. The van der Waals surface area contributed by atoms with Crippen molar-refractivity contribution in [2.45, 2.75) is 18.9 Å². The van der Waals surface area contributed by atoms with E-state index in [9.17, 15) is 15.2 Å². The summed E-state index contributed by atoms with van der Waals surface area (Å²) >= 11 is 5.82. The van der Waals surface area contributed by atoms with Crippen LogP contribution in [0.1, 0.15) is 23.6 Å². The smallest absolute Gasteiger partial charge is 0.293 e. The molecule has 0 radical (unpaired) electrons. The maximum absolute atomic E-state index is 11.1. The number of rotatable bonds is 3.